The monoisotopic (exact) mass is 359 g/mol. The van der Waals surface area contributed by atoms with E-state index in [1.165, 1.54) is 10.7 Å². The number of hydrogen-bond acceptors (Lipinski definition) is 5. The normalized spacial score (nSPS) is 10.9. The van der Waals surface area contributed by atoms with E-state index in [1.807, 2.05) is 13.0 Å². The van der Waals surface area contributed by atoms with E-state index in [1.54, 1.807) is 30.3 Å². The van der Waals surface area contributed by atoms with Crippen LogP contribution in [-0.4, -0.2) is 36.8 Å². The smallest absolute Gasteiger partial charge is 0.253 e. The Morgan fingerprint density at radius 1 is 1.24 bits per heavy atom. The van der Waals surface area contributed by atoms with Crippen molar-refractivity contribution in [2.75, 3.05) is 17.4 Å². The lowest BCUT2D eigenvalue weighted by molar-refractivity contribution is -0.114. The predicted octanol–water partition coefficient (Wildman–Crippen LogP) is 1.27. The average Bonchev–Trinajstić information content (AvgIpc) is 2.94. The van der Waals surface area contributed by atoms with Gasteiger partial charge in [-0.1, -0.05) is 19.1 Å². The van der Waals surface area contributed by atoms with Gasteiger partial charge in [0.25, 0.3) is 5.91 Å². The number of nitrogens with one attached hydrogen (secondary N) is 1. The summed E-state index contributed by atoms with van der Waals surface area (Å²) in [7, 11) is -3.49. The van der Waals surface area contributed by atoms with E-state index in [-0.39, 0.29) is 11.5 Å². The second kappa shape index (κ2) is 7.32. The highest BCUT2D eigenvalue weighted by Crippen LogP contribution is 2.15. The molecule has 0 aliphatic heterocycles. The van der Waals surface area contributed by atoms with E-state index >= 15 is 0 Å². The van der Waals surface area contributed by atoms with Gasteiger partial charge in [-0.2, -0.15) is 5.26 Å². The maximum Gasteiger partial charge on any atom is 0.253 e. The first-order chi connectivity index (χ1) is 11.7. The molecule has 1 aromatic carbocycles. The standard InChI is InChI=1S/C17H17N3O4S/c1-3-14-7-8-15(20(14)19-16(21)11-25(2,23)24)17(22)13-6-4-5-12(9-13)10-18/h4-9H,3,11H2,1-2H3,(H,19,21). The van der Waals surface area contributed by atoms with E-state index in [0.717, 1.165) is 6.26 Å². The SMILES string of the molecule is CCc1ccc(C(=O)c2cccc(C#N)c2)n1NC(=O)CS(C)(=O)=O. The molecule has 7 nitrogen and oxygen atoms in total. The Hall–Kier alpha value is -2.92. The average molecular weight is 359 g/mol. The molecule has 1 N–H and O–H groups in total. The molecule has 0 aliphatic carbocycles. The van der Waals surface area contributed by atoms with Gasteiger partial charge in [-0.15, -0.1) is 0 Å². The van der Waals surface area contributed by atoms with Crippen LogP contribution in [0.1, 0.15) is 34.2 Å². The van der Waals surface area contributed by atoms with Gasteiger partial charge >= 0.3 is 0 Å². The number of nitriles is 1. The minimum atomic E-state index is -3.49. The van der Waals surface area contributed by atoms with Gasteiger partial charge in [0.05, 0.1) is 11.6 Å². The summed E-state index contributed by atoms with van der Waals surface area (Å²) in [5, 5.41) is 8.96. The predicted molar refractivity (Wildman–Crippen MR) is 92.5 cm³/mol. The molecule has 0 saturated carbocycles. The van der Waals surface area contributed by atoms with Crippen LogP contribution in [0.2, 0.25) is 0 Å². The van der Waals surface area contributed by atoms with Gasteiger partial charge < -0.3 is 0 Å². The fraction of sp³-hybridized carbons (Fsp3) is 0.235. The summed E-state index contributed by atoms with van der Waals surface area (Å²) in [4.78, 5) is 24.7. The second-order valence-electron chi connectivity index (χ2n) is 5.53. The molecule has 0 radical (unpaired) electrons. The molecule has 8 heteroatoms. The van der Waals surface area contributed by atoms with Gasteiger partial charge in [0.15, 0.2) is 9.84 Å². The van der Waals surface area contributed by atoms with Crippen LogP contribution < -0.4 is 5.43 Å². The first kappa shape index (κ1) is 18.4. The van der Waals surface area contributed by atoms with Crippen molar-refractivity contribution in [2.45, 2.75) is 13.3 Å². The lowest BCUT2D eigenvalue weighted by Gasteiger charge is -2.13. The molecule has 2 rings (SSSR count). The van der Waals surface area contributed by atoms with Gasteiger partial charge in [0.2, 0.25) is 5.78 Å². The number of aryl methyl sites for hydroxylation is 1. The van der Waals surface area contributed by atoms with Crippen LogP contribution in [0.3, 0.4) is 0 Å². The molecule has 0 bridgehead atoms. The Morgan fingerprint density at radius 2 is 1.96 bits per heavy atom. The van der Waals surface area contributed by atoms with Gasteiger partial charge in [-0.05, 0) is 30.7 Å². The highest BCUT2D eigenvalue weighted by molar-refractivity contribution is 7.91. The summed E-state index contributed by atoms with van der Waals surface area (Å²) in [5.41, 5.74) is 3.95. The van der Waals surface area contributed by atoms with Crippen molar-refractivity contribution in [3.8, 4) is 6.07 Å². The number of benzene rings is 1. The number of sulfone groups is 1. The summed E-state index contributed by atoms with van der Waals surface area (Å²) >= 11 is 0. The number of hydrogen-bond donors (Lipinski definition) is 1. The van der Waals surface area contributed by atoms with Crippen LogP contribution in [-0.2, 0) is 21.1 Å². The molecule has 0 atom stereocenters. The summed E-state index contributed by atoms with van der Waals surface area (Å²) in [6.07, 6.45) is 1.49. The molecule has 1 heterocycles. The van der Waals surface area contributed by atoms with Crippen LogP contribution >= 0.6 is 0 Å². The van der Waals surface area contributed by atoms with Gasteiger partial charge in [0.1, 0.15) is 11.4 Å². The fourth-order valence-corrected chi connectivity index (χ4v) is 2.88. The number of carbonyl (C=O) groups is 2. The van der Waals surface area contributed by atoms with Crippen molar-refractivity contribution in [3.63, 3.8) is 0 Å². The van der Waals surface area contributed by atoms with Crippen molar-refractivity contribution in [1.82, 2.24) is 4.68 Å². The zero-order chi connectivity index (χ0) is 18.6. The zero-order valence-electron chi connectivity index (χ0n) is 13.8. The third kappa shape index (κ3) is 4.55. The first-order valence-corrected chi connectivity index (χ1v) is 9.54. The number of rotatable bonds is 6. The number of carbonyl (C=O) groups excluding carboxylic acids is 2. The van der Waals surface area contributed by atoms with E-state index in [4.69, 9.17) is 5.26 Å². The van der Waals surface area contributed by atoms with Crippen molar-refractivity contribution < 1.29 is 18.0 Å². The molecule has 2 aromatic rings. The van der Waals surface area contributed by atoms with E-state index < -0.39 is 21.5 Å². The van der Waals surface area contributed by atoms with Crippen molar-refractivity contribution in [2.24, 2.45) is 0 Å². The molecular weight excluding hydrogens is 342 g/mol. The highest BCUT2D eigenvalue weighted by atomic mass is 32.2. The number of amides is 1. The number of ketones is 1. The highest BCUT2D eigenvalue weighted by Gasteiger charge is 2.19. The molecule has 0 saturated heterocycles. The molecule has 25 heavy (non-hydrogen) atoms. The van der Waals surface area contributed by atoms with Gasteiger partial charge in [0, 0.05) is 17.5 Å². The molecule has 130 valence electrons. The van der Waals surface area contributed by atoms with Crippen LogP contribution in [0.25, 0.3) is 0 Å². The molecule has 0 fully saturated rings. The summed E-state index contributed by atoms with van der Waals surface area (Å²) in [5.74, 6) is -1.78. The summed E-state index contributed by atoms with van der Waals surface area (Å²) in [6.45, 7) is 1.85. The van der Waals surface area contributed by atoms with E-state index in [9.17, 15) is 18.0 Å². The molecule has 1 aromatic heterocycles. The van der Waals surface area contributed by atoms with Gasteiger partial charge in [-0.3, -0.25) is 19.7 Å². The zero-order valence-corrected chi connectivity index (χ0v) is 14.6. The number of aromatic nitrogens is 1. The Bertz CT molecular complexity index is 968. The molecule has 0 aliphatic rings. The molecule has 1 amide bonds. The topological polar surface area (TPSA) is 109 Å². The summed E-state index contributed by atoms with van der Waals surface area (Å²) < 4.78 is 23.8. The maximum atomic E-state index is 12.7. The van der Waals surface area contributed by atoms with Crippen LogP contribution in [0.5, 0.6) is 0 Å². The third-order valence-electron chi connectivity index (χ3n) is 3.44. The van der Waals surface area contributed by atoms with Crippen molar-refractivity contribution >= 4 is 21.5 Å². The molecule has 0 unspecified atom stereocenters. The number of nitrogens with zero attached hydrogens (tertiary/aromatic N) is 2. The lowest BCUT2D eigenvalue weighted by atomic mass is 10.1. The van der Waals surface area contributed by atoms with Crippen molar-refractivity contribution in [1.29, 1.82) is 5.26 Å². The largest absolute Gasteiger partial charge is 0.287 e. The Labute approximate surface area is 145 Å². The van der Waals surface area contributed by atoms with Gasteiger partial charge in [-0.25, -0.2) is 8.42 Å². The Morgan fingerprint density at radius 3 is 2.56 bits per heavy atom. The quantitative estimate of drug-likeness (QED) is 0.781. The van der Waals surface area contributed by atoms with E-state index in [2.05, 4.69) is 5.43 Å². The minimum Gasteiger partial charge on any atom is -0.287 e. The van der Waals surface area contributed by atoms with Crippen LogP contribution in [0.15, 0.2) is 36.4 Å². The van der Waals surface area contributed by atoms with Crippen LogP contribution in [0.4, 0.5) is 0 Å². The Kier molecular flexibility index (Phi) is 5.39. The lowest BCUT2D eigenvalue weighted by Crippen LogP contribution is -2.32. The third-order valence-corrected chi connectivity index (χ3v) is 4.23. The fourth-order valence-electron chi connectivity index (χ4n) is 2.34. The molecular formula is C17H17N3O4S. The maximum absolute atomic E-state index is 12.7. The molecule has 0 spiro atoms. The van der Waals surface area contributed by atoms with Crippen molar-refractivity contribution in [3.05, 3.63) is 58.9 Å². The summed E-state index contributed by atoms with van der Waals surface area (Å²) in [6, 6.07) is 11.4. The van der Waals surface area contributed by atoms with Crippen LogP contribution in [0, 0.1) is 11.3 Å². The Balaban J connectivity index is 2.38. The first-order valence-electron chi connectivity index (χ1n) is 7.48. The van der Waals surface area contributed by atoms with E-state index in [0.29, 0.717) is 23.2 Å². The second-order valence-corrected chi connectivity index (χ2v) is 7.67. The minimum absolute atomic E-state index is 0.189.